The van der Waals surface area contributed by atoms with Crippen molar-refractivity contribution < 1.29 is 40.5 Å². The minimum absolute atomic E-state index is 0.0612. The molecule has 4 aromatic carbocycles. The van der Waals surface area contributed by atoms with E-state index in [9.17, 15) is 31.0 Å². The van der Waals surface area contributed by atoms with Gasteiger partial charge < -0.3 is 35.0 Å². The van der Waals surface area contributed by atoms with Gasteiger partial charge in [-0.15, -0.1) is 10.2 Å². The number of aliphatic hydroxyl groups excluding tert-OH is 1. The molecule has 1 heterocycles. The normalized spacial score (nSPS) is 11.9. The Hall–Kier alpha value is -5.98. The summed E-state index contributed by atoms with van der Waals surface area (Å²) in [6.45, 7) is 10.4. The molecule has 20 nitrogen and oxygen atoms in total. The van der Waals surface area contributed by atoms with Gasteiger partial charge in [0.1, 0.15) is 22.9 Å². The van der Waals surface area contributed by atoms with Crippen LogP contribution in [0.2, 0.25) is 0 Å². The van der Waals surface area contributed by atoms with Gasteiger partial charge in [0.25, 0.3) is 20.2 Å². The van der Waals surface area contributed by atoms with Crippen LogP contribution in [0.1, 0.15) is 27.7 Å². The van der Waals surface area contributed by atoms with Crippen LogP contribution in [0.25, 0.3) is 0 Å². The minimum atomic E-state index is -4.50. The fraction of sp³-hybridized carbons (Fsp3) is 0.308. The lowest BCUT2D eigenvalue weighted by molar-refractivity contribution is 0.322. The number of rotatable bonds is 21. The van der Waals surface area contributed by atoms with Crippen molar-refractivity contribution in [2.75, 3.05) is 73.2 Å². The number of hydrogen-bond donors (Lipinski definition) is 5. The number of aromatic nitrogens is 3. The molecule has 330 valence electrons. The largest absolute Gasteiger partial charge is 0.494 e. The summed E-state index contributed by atoms with van der Waals surface area (Å²) in [6, 6.07) is 17.6. The van der Waals surface area contributed by atoms with Crippen molar-refractivity contribution in [3.63, 3.8) is 0 Å². The van der Waals surface area contributed by atoms with E-state index in [4.69, 9.17) is 14.5 Å². The van der Waals surface area contributed by atoms with Gasteiger partial charge in [0.15, 0.2) is 5.16 Å². The summed E-state index contributed by atoms with van der Waals surface area (Å²) in [5, 5.41) is 33.8. The number of ether oxygens (including phenoxy) is 2. The van der Waals surface area contributed by atoms with Crippen LogP contribution in [0, 0.1) is 0 Å². The maximum Gasteiger partial charge on any atom is 0.294 e. The van der Waals surface area contributed by atoms with Crippen LogP contribution < -0.4 is 29.9 Å². The van der Waals surface area contributed by atoms with Crippen LogP contribution in [0.4, 0.5) is 57.4 Å². The zero-order chi connectivity index (χ0) is 45.0. The third-order valence-corrected chi connectivity index (χ3v) is 11.5. The lowest BCUT2D eigenvalue weighted by Crippen LogP contribution is -2.22. The summed E-state index contributed by atoms with van der Waals surface area (Å²) in [5.74, 6) is 1.34. The maximum absolute atomic E-state index is 11.8. The first-order valence-electron chi connectivity index (χ1n) is 19.1. The molecule has 0 spiro atoms. The SMILES string of the molecule is CCN(CC)c1cc(Nc2nc(Nc3cc(N(CC)CC)c(OC)cc3/N=N/c3cccc(S(=O)(=O)O)c3)nc(SCCO)n2)c(/N=N/c2cccc(S(=O)(=O)O)c2)cc1OC. The van der Waals surface area contributed by atoms with E-state index < -0.39 is 20.2 Å². The Morgan fingerprint density at radius 3 is 1.40 bits per heavy atom. The van der Waals surface area contributed by atoms with E-state index in [-0.39, 0.29) is 62.0 Å². The number of thioether (sulfide) groups is 1. The van der Waals surface area contributed by atoms with Crippen LogP contribution >= 0.6 is 11.8 Å². The number of azo groups is 2. The van der Waals surface area contributed by atoms with Crippen molar-refractivity contribution in [3.8, 4) is 11.5 Å². The highest BCUT2D eigenvalue weighted by molar-refractivity contribution is 7.99. The molecule has 0 radical (unpaired) electrons. The van der Waals surface area contributed by atoms with E-state index in [2.05, 4.69) is 50.9 Å². The summed E-state index contributed by atoms with van der Waals surface area (Å²) in [4.78, 5) is 17.4. The molecule has 0 fully saturated rings. The van der Waals surface area contributed by atoms with Crippen molar-refractivity contribution >= 4 is 89.4 Å². The summed E-state index contributed by atoms with van der Waals surface area (Å²) >= 11 is 1.17. The molecule has 5 rings (SSSR count). The van der Waals surface area contributed by atoms with Gasteiger partial charge in [-0.05, 0) is 76.2 Å². The molecule has 0 bridgehead atoms. The first-order chi connectivity index (χ1) is 29.6. The highest BCUT2D eigenvalue weighted by atomic mass is 32.2. The Morgan fingerprint density at radius 1 is 0.629 bits per heavy atom. The van der Waals surface area contributed by atoms with Crippen molar-refractivity contribution in [1.82, 2.24) is 15.0 Å². The van der Waals surface area contributed by atoms with E-state index in [0.717, 1.165) is 0 Å². The predicted molar refractivity (Wildman–Crippen MR) is 238 cm³/mol. The highest BCUT2D eigenvalue weighted by Crippen LogP contribution is 2.42. The number of nitrogens with zero attached hydrogens (tertiary/aromatic N) is 9. The van der Waals surface area contributed by atoms with E-state index in [1.807, 2.05) is 27.7 Å². The van der Waals surface area contributed by atoms with Gasteiger partial charge in [-0.1, -0.05) is 23.9 Å². The fourth-order valence-corrected chi connectivity index (χ4v) is 7.59. The van der Waals surface area contributed by atoms with Crippen LogP contribution in [-0.2, 0) is 20.2 Å². The molecular formula is C39H47N11O9S3. The molecule has 0 saturated carbocycles. The Kier molecular flexibility index (Phi) is 16.1. The van der Waals surface area contributed by atoms with Crippen molar-refractivity contribution in [2.24, 2.45) is 20.5 Å². The molecule has 62 heavy (non-hydrogen) atoms. The van der Waals surface area contributed by atoms with E-state index in [1.165, 1.54) is 74.5 Å². The van der Waals surface area contributed by atoms with E-state index >= 15 is 0 Å². The summed E-state index contributed by atoms with van der Waals surface area (Å²) in [6.07, 6.45) is 0. The molecule has 0 aliphatic rings. The smallest absolute Gasteiger partial charge is 0.294 e. The van der Waals surface area contributed by atoms with Gasteiger partial charge in [0, 0.05) is 44.1 Å². The lowest BCUT2D eigenvalue weighted by atomic mass is 10.2. The molecule has 23 heteroatoms. The maximum atomic E-state index is 11.8. The Labute approximate surface area is 364 Å². The Morgan fingerprint density at radius 2 is 1.05 bits per heavy atom. The Bertz CT molecular complexity index is 2470. The van der Waals surface area contributed by atoms with Gasteiger partial charge in [-0.25, -0.2) is 0 Å². The quantitative estimate of drug-likeness (QED) is 0.0262. The number of aliphatic hydroxyl groups is 1. The first kappa shape index (κ1) is 47.1. The average Bonchev–Trinajstić information content (AvgIpc) is 3.25. The third-order valence-electron chi connectivity index (χ3n) is 9.01. The molecule has 0 aliphatic carbocycles. The Balaban J connectivity index is 1.65. The summed E-state index contributed by atoms with van der Waals surface area (Å²) in [5.41, 5.74) is 3.01. The van der Waals surface area contributed by atoms with E-state index in [0.29, 0.717) is 60.4 Å². The van der Waals surface area contributed by atoms with E-state index in [1.54, 1.807) is 24.3 Å². The van der Waals surface area contributed by atoms with Gasteiger partial charge in [-0.2, -0.15) is 42.0 Å². The summed E-state index contributed by atoms with van der Waals surface area (Å²) in [7, 11) is -5.95. The van der Waals surface area contributed by atoms with Crippen LogP contribution in [0.5, 0.6) is 11.5 Å². The standard InChI is InChI=1S/C39H47N11O9S3/c1-7-49(8-2)33-21-29(31(23-35(33)58-5)47-45-25-13-11-15-27(19-25)61(52,53)54)40-37-42-38(44-39(43-37)60-18-17-51)41-30-22-34(50(9-3)10-4)36(59-6)24-32(30)48-46-26-14-12-16-28(20-26)62(55,56)57/h11-16,19-24,51H,7-10,17-18H2,1-6H3,(H,52,53,54)(H,55,56,57)(H2,40,41,42,43,44)/b47-45+,48-46+. The van der Waals surface area contributed by atoms with Crippen LogP contribution in [0.15, 0.2) is 108 Å². The average molecular weight is 910 g/mol. The number of methoxy groups -OCH3 is 2. The van der Waals surface area contributed by atoms with Crippen molar-refractivity contribution in [1.29, 1.82) is 0 Å². The lowest BCUT2D eigenvalue weighted by Gasteiger charge is -2.25. The van der Waals surface area contributed by atoms with Gasteiger partial charge >= 0.3 is 0 Å². The molecule has 0 unspecified atom stereocenters. The third kappa shape index (κ3) is 12.1. The second-order valence-corrected chi connectivity index (χ2v) is 16.8. The zero-order valence-corrected chi connectivity index (χ0v) is 37.2. The summed E-state index contributed by atoms with van der Waals surface area (Å²) < 4.78 is 78.0. The zero-order valence-electron chi connectivity index (χ0n) is 34.7. The molecule has 0 atom stereocenters. The van der Waals surface area contributed by atoms with Crippen molar-refractivity contribution in [2.45, 2.75) is 42.6 Å². The molecule has 0 amide bonds. The molecular weight excluding hydrogens is 863 g/mol. The van der Waals surface area contributed by atoms with Crippen LogP contribution in [0.3, 0.4) is 0 Å². The van der Waals surface area contributed by atoms with Crippen molar-refractivity contribution in [3.05, 3.63) is 72.8 Å². The second-order valence-electron chi connectivity index (χ2n) is 12.9. The number of hydrogen-bond acceptors (Lipinski definition) is 19. The van der Waals surface area contributed by atoms with Crippen LogP contribution in [-0.4, -0.2) is 98.8 Å². The fourth-order valence-electron chi connectivity index (χ4n) is 5.98. The minimum Gasteiger partial charge on any atom is -0.494 e. The predicted octanol–water partition coefficient (Wildman–Crippen LogP) is 8.48. The molecule has 5 aromatic rings. The van der Waals surface area contributed by atoms with Gasteiger partial charge in [0.2, 0.25) is 11.9 Å². The molecule has 1 aromatic heterocycles. The topological polar surface area (TPSA) is 266 Å². The molecule has 0 saturated heterocycles. The highest BCUT2D eigenvalue weighted by Gasteiger charge is 2.20. The second kappa shape index (κ2) is 21.2. The van der Waals surface area contributed by atoms with Gasteiger partial charge in [-0.3, -0.25) is 9.11 Å². The van der Waals surface area contributed by atoms with Gasteiger partial charge in [0.05, 0.1) is 64.7 Å². The molecule has 0 aliphatic heterocycles. The molecule has 5 N–H and O–H groups in total. The first-order valence-corrected chi connectivity index (χ1v) is 23.0. The monoisotopic (exact) mass is 909 g/mol. The number of nitrogens with one attached hydrogen (secondary N) is 2. The number of benzene rings is 4. The number of anilines is 6.